The van der Waals surface area contributed by atoms with Crippen LogP contribution in [-0.4, -0.2) is 6.10 Å². The van der Waals surface area contributed by atoms with Crippen LogP contribution >= 0.6 is 0 Å². The molecule has 2 atom stereocenters. The fraction of sp³-hybridized carbons (Fsp3) is 0.294. The number of benzene rings is 2. The van der Waals surface area contributed by atoms with Crippen LogP contribution in [0.2, 0.25) is 0 Å². The van der Waals surface area contributed by atoms with Gasteiger partial charge in [0.1, 0.15) is 17.7 Å². The van der Waals surface area contributed by atoms with Crippen LogP contribution < -0.4 is 10.5 Å². The highest BCUT2D eigenvalue weighted by Crippen LogP contribution is 2.35. The van der Waals surface area contributed by atoms with Gasteiger partial charge in [-0.1, -0.05) is 30.3 Å². The summed E-state index contributed by atoms with van der Waals surface area (Å²) < 4.78 is 19.2. The van der Waals surface area contributed by atoms with Crippen molar-refractivity contribution < 1.29 is 9.13 Å². The molecule has 2 aromatic carbocycles. The first-order valence-corrected chi connectivity index (χ1v) is 6.98. The smallest absolute Gasteiger partial charge is 0.124 e. The molecular weight excluding hydrogens is 253 g/mol. The molecule has 0 saturated heterocycles. The Hall–Kier alpha value is -1.87. The Morgan fingerprint density at radius 1 is 1.15 bits per heavy atom. The molecule has 0 fully saturated rings. The summed E-state index contributed by atoms with van der Waals surface area (Å²) in [5.41, 5.74) is 8.21. The highest BCUT2D eigenvalue weighted by Gasteiger charge is 2.25. The monoisotopic (exact) mass is 271 g/mol. The number of rotatable bonds is 3. The zero-order valence-electron chi connectivity index (χ0n) is 11.3. The summed E-state index contributed by atoms with van der Waals surface area (Å²) >= 11 is 0. The molecule has 1 aliphatic rings. The normalized spacial score (nSPS) is 21.1. The third kappa shape index (κ3) is 2.83. The van der Waals surface area contributed by atoms with E-state index in [2.05, 4.69) is 12.1 Å². The Morgan fingerprint density at radius 3 is 2.75 bits per heavy atom. The highest BCUT2D eigenvalue weighted by molar-refractivity contribution is 5.38. The molecule has 0 aromatic heterocycles. The van der Waals surface area contributed by atoms with Crippen LogP contribution in [-0.2, 0) is 6.42 Å². The van der Waals surface area contributed by atoms with Crippen molar-refractivity contribution in [3.05, 3.63) is 65.5 Å². The van der Waals surface area contributed by atoms with E-state index >= 15 is 0 Å². The number of halogens is 1. The summed E-state index contributed by atoms with van der Waals surface area (Å²) in [6, 6.07) is 14.8. The van der Waals surface area contributed by atoms with Gasteiger partial charge in [0.05, 0.1) is 0 Å². The van der Waals surface area contributed by atoms with Crippen molar-refractivity contribution in [1.29, 1.82) is 0 Å². The van der Waals surface area contributed by atoms with E-state index in [4.69, 9.17) is 10.5 Å². The quantitative estimate of drug-likeness (QED) is 0.925. The molecule has 2 unspecified atom stereocenters. The number of hydrogen-bond acceptors (Lipinski definition) is 2. The number of ether oxygens (including phenoxy) is 1. The first kappa shape index (κ1) is 13.1. The van der Waals surface area contributed by atoms with Gasteiger partial charge in [-0.25, -0.2) is 4.39 Å². The molecule has 2 N–H and O–H groups in total. The molecule has 0 amide bonds. The largest absolute Gasteiger partial charge is 0.490 e. The van der Waals surface area contributed by atoms with Crippen LogP contribution in [0.5, 0.6) is 5.75 Å². The van der Waals surface area contributed by atoms with Gasteiger partial charge in [-0.2, -0.15) is 0 Å². The van der Waals surface area contributed by atoms with Crippen molar-refractivity contribution in [3.63, 3.8) is 0 Å². The average molecular weight is 271 g/mol. The second kappa shape index (κ2) is 5.63. The van der Waals surface area contributed by atoms with Crippen LogP contribution in [0.15, 0.2) is 48.5 Å². The van der Waals surface area contributed by atoms with E-state index in [0.29, 0.717) is 0 Å². The molecule has 2 aromatic rings. The average Bonchev–Trinajstić information content (AvgIpc) is 2.47. The zero-order chi connectivity index (χ0) is 13.9. The lowest BCUT2D eigenvalue weighted by atomic mass is 9.94. The third-order valence-corrected chi connectivity index (χ3v) is 3.78. The minimum absolute atomic E-state index is 0.100. The maximum atomic E-state index is 13.2. The van der Waals surface area contributed by atoms with E-state index < -0.39 is 0 Å². The topological polar surface area (TPSA) is 35.2 Å². The van der Waals surface area contributed by atoms with Gasteiger partial charge in [-0.05, 0) is 36.6 Å². The molecule has 20 heavy (non-hydrogen) atoms. The Morgan fingerprint density at radius 2 is 1.95 bits per heavy atom. The molecule has 0 aliphatic carbocycles. The molecule has 0 spiro atoms. The Kier molecular flexibility index (Phi) is 3.70. The fourth-order valence-corrected chi connectivity index (χ4v) is 2.70. The van der Waals surface area contributed by atoms with Crippen LogP contribution in [0, 0.1) is 5.82 Å². The standard InChI is InChI=1S/C17H18FNO/c18-13-7-9-17-15(10-13)16(19)11-14(20-17)8-6-12-4-2-1-3-5-12/h1-5,7,9-10,14,16H,6,8,11,19H2. The van der Waals surface area contributed by atoms with Gasteiger partial charge in [0, 0.05) is 18.0 Å². The third-order valence-electron chi connectivity index (χ3n) is 3.78. The summed E-state index contributed by atoms with van der Waals surface area (Å²) in [6.07, 6.45) is 2.73. The zero-order valence-corrected chi connectivity index (χ0v) is 11.3. The number of fused-ring (bicyclic) bond motifs is 1. The van der Waals surface area contributed by atoms with Crippen LogP contribution in [0.1, 0.15) is 30.0 Å². The Balaban J connectivity index is 1.67. The van der Waals surface area contributed by atoms with Crippen molar-refractivity contribution in [2.45, 2.75) is 31.4 Å². The minimum atomic E-state index is -0.259. The predicted molar refractivity (Wildman–Crippen MR) is 77.1 cm³/mol. The summed E-state index contributed by atoms with van der Waals surface area (Å²) in [4.78, 5) is 0. The van der Waals surface area contributed by atoms with Gasteiger partial charge in [0.25, 0.3) is 0 Å². The van der Waals surface area contributed by atoms with Crippen LogP contribution in [0.25, 0.3) is 0 Å². The van der Waals surface area contributed by atoms with E-state index in [1.54, 1.807) is 6.07 Å². The number of aryl methyl sites for hydroxylation is 1. The van der Waals surface area contributed by atoms with E-state index in [1.165, 1.54) is 17.7 Å². The first-order chi connectivity index (χ1) is 9.72. The SMILES string of the molecule is NC1CC(CCc2ccccc2)Oc2ccc(F)cc21. The molecule has 3 heteroatoms. The summed E-state index contributed by atoms with van der Waals surface area (Å²) in [5, 5.41) is 0. The van der Waals surface area contributed by atoms with E-state index in [-0.39, 0.29) is 18.0 Å². The van der Waals surface area contributed by atoms with Gasteiger partial charge in [0.15, 0.2) is 0 Å². The lowest BCUT2D eigenvalue weighted by Gasteiger charge is -2.30. The van der Waals surface area contributed by atoms with Crippen molar-refractivity contribution in [2.75, 3.05) is 0 Å². The maximum Gasteiger partial charge on any atom is 0.124 e. The fourth-order valence-electron chi connectivity index (χ4n) is 2.70. The van der Waals surface area contributed by atoms with Crippen molar-refractivity contribution in [3.8, 4) is 5.75 Å². The number of nitrogens with two attached hydrogens (primary N) is 1. The van der Waals surface area contributed by atoms with E-state index in [0.717, 1.165) is 30.6 Å². The van der Waals surface area contributed by atoms with Crippen molar-refractivity contribution in [1.82, 2.24) is 0 Å². The second-order valence-electron chi connectivity index (χ2n) is 5.29. The predicted octanol–water partition coefficient (Wildman–Crippen LogP) is 3.61. The Bertz CT molecular complexity index is 585. The molecule has 3 rings (SSSR count). The summed E-state index contributed by atoms with van der Waals surface area (Å²) in [7, 11) is 0. The van der Waals surface area contributed by atoms with Gasteiger partial charge in [-0.3, -0.25) is 0 Å². The molecule has 1 aliphatic heterocycles. The lowest BCUT2D eigenvalue weighted by Crippen LogP contribution is -2.30. The molecule has 0 radical (unpaired) electrons. The summed E-state index contributed by atoms with van der Waals surface area (Å²) in [6.45, 7) is 0. The molecule has 1 heterocycles. The number of hydrogen-bond donors (Lipinski definition) is 1. The first-order valence-electron chi connectivity index (χ1n) is 6.98. The highest BCUT2D eigenvalue weighted by atomic mass is 19.1. The second-order valence-corrected chi connectivity index (χ2v) is 5.29. The molecule has 0 saturated carbocycles. The van der Waals surface area contributed by atoms with E-state index in [1.807, 2.05) is 18.2 Å². The van der Waals surface area contributed by atoms with Gasteiger partial charge < -0.3 is 10.5 Å². The van der Waals surface area contributed by atoms with Crippen LogP contribution in [0.4, 0.5) is 4.39 Å². The molecular formula is C17H18FNO. The van der Waals surface area contributed by atoms with Gasteiger partial charge >= 0.3 is 0 Å². The van der Waals surface area contributed by atoms with Gasteiger partial charge in [0.2, 0.25) is 0 Å². The van der Waals surface area contributed by atoms with Crippen molar-refractivity contribution in [2.24, 2.45) is 5.73 Å². The molecule has 0 bridgehead atoms. The molecule has 2 nitrogen and oxygen atoms in total. The maximum absolute atomic E-state index is 13.2. The van der Waals surface area contributed by atoms with Gasteiger partial charge in [-0.15, -0.1) is 0 Å². The Labute approximate surface area is 118 Å². The van der Waals surface area contributed by atoms with E-state index in [9.17, 15) is 4.39 Å². The molecule has 104 valence electrons. The lowest BCUT2D eigenvalue weighted by molar-refractivity contribution is 0.150. The van der Waals surface area contributed by atoms with Crippen LogP contribution in [0.3, 0.4) is 0 Å². The summed E-state index contributed by atoms with van der Waals surface area (Å²) in [5.74, 6) is 0.466. The minimum Gasteiger partial charge on any atom is -0.490 e. The van der Waals surface area contributed by atoms with Crippen molar-refractivity contribution >= 4 is 0 Å².